The molecule has 2 saturated heterocycles. The van der Waals surface area contributed by atoms with E-state index in [0.717, 1.165) is 41.7 Å². The number of halogens is 1. The third kappa shape index (κ3) is 2.94. The van der Waals surface area contributed by atoms with Crippen molar-refractivity contribution in [2.24, 2.45) is 5.92 Å². The van der Waals surface area contributed by atoms with E-state index >= 15 is 0 Å². The van der Waals surface area contributed by atoms with Gasteiger partial charge >= 0.3 is 0 Å². The molecule has 3 atom stereocenters. The molecule has 20 heavy (non-hydrogen) atoms. The molecule has 1 aromatic carbocycles. The van der Waals surface area contributed by atoms with Crippen LogP contribution in [0.3, 0.4) is 0 Å². The minimum atomic E-state index is -0.392. The first kappa shape index (κ1) is 14.9. The lowest BCUT2D eigenvalue weighted by Gasteiger charge is -2.39. The van der Waals surface area contributed by atoms with E-state index in [1.807, 2.05) is 11.8 Å². The van der Waals surface area contributed by atoms with Crippen LogP contribution in [0.2, 0.25) is 0 Å². The molecule has 1 aromatic rings. The van der Waals surface area contributed by atoms with E-state index in [9.17, 15) is 5.11 Å². The molecule has 3 unspecified atom stereocenters. The average Bonchev–Trinajstić information content (AvgIpc) is 2.86. The van der Waals surface area contributed by atoms with Crippen LogP contribution in [0.25, 0.3) is 0 Å². The largest absolute Gasteiger partial charge is 0.388 e. The SMILES string of the molecule is Cc1ccc(C(O)C2CCOC3(CCSC3)C2)c(Br)c1. The lowest BCUT2D eigenvalue weighted by Crippen LogP contribution is -2.41. The summed E-state index contributed by atoms with van der Waals surface area (Å²) in [7, 11) is 0. The van der Waals surface area contributed by atoms with Crippen molar-refractivity contribution in [2.45, 2.75) is 37.9 Å². The van der Waals surface area contributed by atoms with Gasteiger partial charge in [-0.1, -0.05) is 28.1 Å². The molecule has 2 heterocycles. The van der Waals surface area contributed by atoms with Crippen molar-refractivity contribution in [1.82, 2.24) is 0 Å². The van der Waals surface area contributed by atoms with E-state index in [1.54, 1.807) is 0 Å². The first-order valence-corrected chi connectivity index (χ1v) is 9.20. The predicted molar refractivity (Wildman–Crippen MR) is 87.2 cm³/mol. The van der Waals surface area contributed by atoms with Crippen molar-refractivity contribution < 1.29 is 9.84 Å². The fourth-order valence-electron chi connectivity index (χ4n) is 3.32. The molecular weight excluding hydrogens is 336 g/mol. The number of rotatable bonds is 2. The van der Waals surface area contributed by atoms with Gasteiger partial charge in [0.25, 0.3) is 0 Å². The van der Waals surface area contributed by atoms with E-state index in [0.29, 0.717) is 5.92 Å². The Balaban J connectivity index is 1.77. The molecule has 2 aliphatic heterocycles. The van der Waals surface area contributed by atoms with Gasteiger partial charge in [0.1, 0.15) is 0 Å². The van der Waals surface area contributed by atoms with E-state index in [-0.39, 0.29) is 5.60 Å². The first-order valence-electron chi connectivity index (χ1n) is 7.25. The number of hydrogen-bond donors (Lipinski definition) is 1. The van der Waals surface area contributed by atoms with E-state index in [4.69, 9.17) is 4.74 Å². The van der Waals surface area contributed by atoms with Crippen LogP contribution in [0.1, 0.15) is 36.5 Å². The van der Waals surface area contributed by atoms with Gasteiger partial charge < -0.3 is 9.84 Å². The minimum absolute atomic E-state index is 0.0335. The Morgan fingerprint density at radius 1 is 1.50 bits per heavy atom. The van der Waals surface area contributed by atoms with Crippen molar-refractivity contribution >= 4 is 27.7 Å². The summed E-state index contributed by atoms with van der Waals surface area (Å²) in [5, 5.41) is 10.8. The molecule has 0 aromatic heterocycles. The van der Waals surface area contributed by atoms with Gasteiger partial charge in [0.2, 0.25) is 0 Å². The van der Waals surface area contributed by atoms with E-state index in [2.05, 4.69) is 41.1 Å². The van der Waals surface area contributed by atoms with E-state index < -0.39 is 6.10 Å². The molecular formula is C16H21BrO2S. The van der Waals surface area contributed by atoms with E-state index in [1.165, 1.54) is 11.3 Å². The van der Waals surface area contributed by atoms with Crippen LogP contribution in [0.5, 0.6) is 0 Å². The highest BCUT2D eigenvalue weighted by atomic mass is 79.9. The Morgan fingerprint density at radius 2 is 2.35 bits per heavy atom. The first-order chi connectivity index (χ1) is 9.60. The van der Waals surface area contributed by atoms with Crippen LogP contribution in [0.4, 0.5) is 0 Å². The molecule has 1 spiro atoms. The molecule has 0 amide bonds. The summed E-state index contributed by atoms with van der Waals surface area (Å²) in [5.74, 6) is 2.59. The van der Waals surface area contributed by atoms with Crippen molar-refractivity contribution in [1.29, 1.82) is 0 Å². The zero-order valence-electron chi connectivity index (χ0n) is 11.8. The summed E-state index contributed by atoms with van der Waals surface area (Å²) < 4.78 is 7.07. The van der Waals surface area contributed by atoms with Crippen LogP contribution >= 0.6 is 27.7 Å². The van der Waals surface area contributed by atoms with Crippen LogP contribution in [0.15, 0.2) is 22.7 Å². The normalized spacial score (nSPS) is 31.6. The topological polar surface area (TPSA) is 29.5 Å². The maximum absolute atomic E-state index is 10.8. The Hall–Kier alpha value is -0.0300. The average molecular weight is 357 g/mol. The number of benzene rings is 1. The standard InChI is InChI=1S/C16H21BrO2S/c1-11-2-3-13(14(17)8-11)15(18)12-4-6-19-16(9-12)5-7-20-10-16/h2-3,8,12,15,18H,4-7,9-10H2,1H3. The van der Waals surface area contributed by atoms with Crippen molar-refractivity contribution in [3.05, 3.63) is 33.8 Å². The number of hydrogen-bond acceptors (Lipinski definition) is 3. The highest BCUT2D eigenvalue weighted by molar-refractivity contribution is 9.10. The van der Waals surface area contributed by atoms with Gasteiger partial charge in [-0.3, -0.25) is 0 Å². The second-order valence-corrected chi connectivity index (χ2v) is 8.02. The van der Waals surface area contributed by atoms with Gasteiger partial charge in [-0.15, -0.1) is 0 Å². The third-order valence-electron chi connectivity index (χ3n) is 4.52. The van der Waals surface area contributed by atoms with Crippen LogP contribution < -0.4 is 0 Å². The molecule has 4 heteroatoms. The van der Waals surface area contributed by atoms with Gasteiger partial charge in [0, 0.05) is 16.8 Å². The van der Waals surface area contributed by atoms with Crippen molar-refractivity contribution in [2.75, 3.05) is 18.1 Å². The van der Waals surface area contributed by atoms with Crippen molar-refractivity contribution in [3.63, 3.8) is 0 Å². The lowest BCUT2D eigenvalue weighted by molar-refractivity contribution is -0.102. The molecule has 3 rings (SSSR count). The highest BCUT2D eigenvalue weighted by Crippen LogP contribution is 2.44. The molecule has 110 valence electrons. The molecule has 1 N–H and O–H groups in total. The Morgan fingerprint density at radius 3 is 3.05 bits per heavy atom. The quantitative estimate of drug-likeness (QED) is 0.864. The molecule has 0 bridgehead atoms. The summed E-state index contributed by atoms with van der Waals surface area (Å²) >= 11 is 5.57. The molecule has 0 aliphatic carbocycles. The number of aliphatic hydroxyl groups is 1. The monoisotopic (exact) mass is 356 g/mol. The highest BCUT2D eigenvalue weighted by Gasteiger charge is 2.42. The summed E-state index contributed by atoms with van der Waals surface area (Å²) in [6.45, 7) is 2.85. The van der Waals surface area contributed by atoms with Crippen LogP contribution in [-0.4, -0.2) is 28.8 Å². The third-order valence-corrected chi connectivity index (χ3v) is 6.43. The summed E-state index contributed by atoms with van der Waals surface area (Å²) in [6, 6.07) is 6.21. The van der Waals surface area contributed by atoms with Crippen LogP contribution in [-0.2, 0) is 4.74 Å². The zero-order chi connectivity index (χ0) is 14.2. The molecule has 0 radical (unpaired) electrons. The second kappa shape index (κ2) is 5.99. The summed E-state index contributed by atoms with van der Waals surface area (Å²) in [5.41, 5.74) is 2.26. The van der Waals surface area contributed by atoms with Gasteiger partial charge in [0.15, 0.2) is 0 Å². The summed E-state index contributed by atoms with van der Waals surface area (Å²) in [4.78, 5) is 0. The van der Waals surface area contributed by atoms with Gasteiger partial charge in [0.05, 0.1) is 11.7 Å². The fourth-order valence-corrected chi connectivity index (χ4v) is 5.43. The van der Waals surface area contributed by atoms with Gasteiger partial charge in [-0.05, 0) is 55.1 Å². The molecule has 2 aliphatic rings. The minimum Gasteiger partial charge on any atom is -0.388 e. The summed E-state index contributed by atoms with van der Waals surface area (Å²) in [6.07, 6.45) is 2.68. The Kier molecular flexibility index (Phi) is 4.46. The lowest BCUT2D eigenvalue weighted by atomic mass is 9.80. The maximum Gasteiger partial charge on any atom is 0.0831 e. The predicted octanol–water partition coefficient (Wildman–Crippen LogP) is 4.09. The molecule has 2 nitrogen and oxygen atoms in total. The zero-order valence-corrected chi connectivity index (χ0v) is 14.2. The number of thioether (sulfide) groups is 1. The Bertz CT molecular complexity index is 485. The smallest absolute Gasteiger partial charge is 0.0831 e. The van der Waals surface area contributed by atoms with Gasteiger partial charge in [-0.2, -0.15) is 11.8 Å². The van der Waals surface area contributed by atoms with Crippen molar-refractivity contribution in [3.8, 4) is 0 Å². The van der Waals surface area contributed by atoms with Crippen LogP contribution in [0, 0.1) is 12.8 Å². The number of aryl methyl sites for hydroxylation is 1. The number of ether oxygens (including phenoxy) is 1. The Labute approximate surface area is 133 Å². The fraction of sp³-hybridized carbons (Fsp3) is 0.625. The maximum atomic E-state index is 10.8. The molecule has 2 fully saturated rings. The second-order valence-electron chi connectivity index (χ2n) is 6.06. The number of aliphatic hydroxyl groups excluding tert-OH is 1. The molecule has 0 saturated carbocycles. The van der Waals surface area contributed by atoms with Gasteiger partial charge in [-0.25, -0.2) is 0 Å².